The van der Waals surface area contributed by atoms with E-state index in [1.165, 1.54) is 24.0 Å². The predicted molar refractivity (Wildman–Crippen MR) is 76.7 cm³/mol. The molecule has 1 aliphatic rings. The highest BCUT2D eigenvalue weighted by Gasteiger charge is 2.40. The number of ether oxygens (including phenoxy) is 2. The summed E-state index contributed by atoms with van der Waals surface area (Å²) in [7, 11) is 3.32. The van der Waals surface area contributed by atoms with E-state index in [-0.39, 0.29) is 0 Å². The summed E-state index contributed by atoms with van der Waals surface area (Å²) < 4.78 is 10.6. The van der Waals surface area contributed by atoms with Gasteiger partial charge >= 0.3 is 0 Å². The zero-order valence-corrected chi connectivity index (χ0v) is 12.1. The zero-order valence-electron chi connectivity index (χ0n) is 12.1. The summed E-state index contributed by atoms with van der Waals surface area (Å²) in [4.78, 5) is 0. The molecular weight excluding hydrogens is 240 g/mol. The average molecular weight is 264 g/mol. The fourth-order valence-corrected chi connectivity index (χ4v) is 2.31. The van der Waals surface area contributed by atoms with Crippen molar-refractivity contribution in [1.82, 2.24) is 5.32 Å². The Morgan fingerprint density at radius 3 is 2.37 bits per heavy atom. The predicted octanol–water partition coefficient (Wildman–Crippen LogP) is 1.84. The Morgan fingerprint density at radius 1 is 1.21 bits per heavy atom. The molecule has 0 radical (unpaired) electrons. The van der Waals surface area contributed by atoms with Gasteiger partial charge in [0.2, 0.25) is 0 Å². The largest absolute Gasteiger partial charge is 0.493 e. The van der Waals surface area contributed by atoms with Crippen molar-refractivity contribution in [2.45, 2.75) is 26.3 Å². The summed E-state index contributed by atoms with van der Waals surface area (Å²) in [5.41, 5.74) is 8.60. The molecule has 1 aromatic rings. The van der Waals surface area contributed by atoms with E-state index in [4.69, 9.17) is 15.2 Å². The zero-order chi connectivity index (χ0) is 13.9. The fourth-order valence-electron chi connectivity index (χ4n) is 2.31. The lowest BCUT2D eigenvalue weighted by atomic mass is 10.1. The van der Waals surface area contributed by atoms with Gasteiger partial charge in [-0.3, -0.25) is 0 Å². The summed E-state index contributed by atoms with van der Waals surface area (Å²) in [6.07, 6.45) is 2.50. The van der Waals surface area contributed by atoms with Crippen LogP contribution in [0.2, 0.25) is 0 Å². The van der Waals surface area contributed by atoms with Crippen LogP contribution in [0, 0.1) is 12.3 Å². The Bertz CT molecular complexity index is 442. The molecule has 1 fully saturated rings. The Morgan fingerprint density at radius 2 is 1.84 bits per heavy atom. The van der Waals surface area contributed by atoms with Gasteiger partial charge in [-0.2, -0.15) is 0 Å². The van der Waals surface area contributed by atoms with Crippen LogP contribution in [0.15, 0.2) is 12.1 Å². The van der Waals surface area contributed by atoms with Crippen molar-refractivity contribution in [1.29, 1.82) is 0 Å². The lowest BCUT2D eigenvalue weighted by Crippen LogP contribution is -2.29. The molecule has 0 aromatic heterocycles. The molecular formula is C15H24N2O2. The van der Waals surface area contributed by atoms with Crippen LogP contribution >= 0.6 is 0 Å². The van der Waals surface area contributed by atoms with Crippen molar-refractivity contribution in [3.63, 3.8) is 0 Å². The molecule has 0 atom stereocenters. The SMILES string of the molecule is COc1cc(C)c(CNCC2(CN)CC2)cc1OC. The van der Waals surface area contributed by atoms with Gasteiger partial charge in [-0.25, -0.2) is 0 Å². The van der Waals surface area contributed by atoms with E-state index in [1.807, 2.05) is 12.1 Å². The molecule has 4 nitrogen and oxygen atoms in total. The van der Waals surface area contributed by atoms with Crippen LogP contribution in [0.1, 0.15) is 24.0 Å². The highest BCUT2D eigenvalue weighted by molar-refractivity contribution is 5.47. The van der Waals surface area contributed by atoms with Crippen molar-refractivity contribution >= 4 is 0 Å². The van der Waals surface area contributed by atoms with Crippen molar-refractivity contribution in [2.24, 2.45) is 11.1 Å². The van der Waals surface area contributed by atoms with E-state index < -0.39 is 0 Å². The van der Waals surface area contributed by atoms with E-state index in [0.29, 0.717) is 5.41 Å². The van der Waals surface area contributed by atoms with Crippen LogP contribution in [0.5, 0.6) is 11.5 Å². The average Bonchev–Trinajstić information content (AvgIpc) is 3.20. The summed E-state index contributed by atoms with van der Waals surface area (Å²) in [6, 6.07) is 4.06. The van der Waals surface area contributed by atoms with Crippen LogP contribution in [0.25, 0.3) is 0 Å². The van der Waals surface area contributed by atoms with E-state index in [9.17, 15) is 0 Å². The highest BCUT2D eigenvalue weighted by atomic mass is 16.5. The van der Waals surface area contributed by atoms with Gasteiger partial charge in [-0.15, -0.1) is 0 Å². The fraction of sp³-hybridized carbons (Fsp3) is 0.600. The molecule has 0 amide bonds. The molecule has 0 heterocycles. The maximum Gasteiger partial charge on any atom is 0.161 e. The standard InChI is InChI=1S/C15H24N2O2/c1-11-6-13(18-2)14(19-3)7-12(11)8-17-10-15(9-16)4-5-15/h6-7,17H,4-5,8-10,16H2,1-3H3. The van der Waals surface area contributed by atoms with Gasteiger partial charge in [-0.1, -0.05) is 0 Å². The Balaban J connectivity index is 1.99. The molecule has 4 heteroatoms. The van der Waals surface area contributed by atoms with Gasteiger partial charge in [0.05, 0.1) is 14.2 Å². The molecule has 0 aliphatic heterocycles. The second kappa shape index (κ2) is 5.80. The van der Waals surface area contributed by atoms with Crippen LogP contribution in [-0.4, -0.2) is 27.3 Å². The van der Waals surface area contributed by atoms with Crippen LogP contribution in [0.3, 0.4) is 0 Å². The lowest BCUT2D eigenvalue weighted by Gasteiger charge is -2.16. The van der Waals surface area contributed by atoms with E-state index in [0.717, 1.165) is 31.1 Å². The molecule has 106 valence electrons. The normalized spacial score (nSPS) is 16.2. The first kappa shape index (κ1) is 14.2. The smallest absolute Gasteiger partial charge is 0.161 e. The van der Waals surface area contributed by atoms with Crippen molar-refractivity contribution in [3.05, 3.63) is 23.3 Å². The minimum absolute atomic E-state index is 0.366. The van der Waals surface area contributed by atoms with Gasteiger partial charge in [-0.05, 0) is 55.0 Å². The molecule has 2 rings (SSSR count). The number of nitrogens with one attached hydrogen (secondary N) is 1. The molecule has 1 aliphatic carbocycles. The quantitative estimate of drug-likeness (QED) is 0.789. The van der Waals surface area contributed by atoms with Crippen molar-refractivity contribution < 1.29 is 9.47 Å². The number of nitrogens with two attached hydrogens (primary N) is 1. The van der Waals surface area contributed by atoms with Gasteiger partial charge in [0.1, 0.15) is 0 Å². The Labute approximate surface area is 115 Å². The first-order valence-corrected chi connectivity index (χ1v) is 6.76. The Kier molecular flexibility index (Phi) is 4.32. The molecule has 1 aromatic carbocycles. The molecule has 0 bridgehead atoms. The third-order valence-corrected chi connectivity index (χ3v) is 4.05. The van der Waals surface area contributed by atoms with Crippen molar-refractivity contribution in [3.8, 4) is 11.5 Å². The summed E-state index contributed by atoms with van der Waals surface area (Å²) in [5, 5.41) is 3.51. The summed E-state index contributed by atoms with van der Waals surface area (Å²) in [6.45, 7) is 4.71. The molecule has 3 N–H and O–H groups in total. The third-order valence-electron chi connectivity index (χ3n) is 4.05. The van der Waals surface area contributed by atoms with E-state index >= 15 is 0 Å². The van der Waals surface area contributed by atoms with Crippen LogP contribution in [-0.2, 0) is 6.54 Å². The first-order chi connectivity index (χ1) is 9.14. The molecule has 0 saturated heterocycles. The van der Waals surface area contributed by atoms with Gasteiger partial charge in [0.25, 0.3) is 0 Å². The molecule has 0 unspecified atom stereocenters. The molecule has 0 spiro atoms. The molecule has 19 heavy (non-hydrogen) atoms. The second-order valence-corrected chi connectivity index (χ2v) is 5.44. The maximum absolute atomic E-state index is 5.79. The number of benzene rings is 1. The van der Waals surface area contributed by atoms with Crippen LogP contribution < -0.4 is 20.5 Å². The summed E-state index contributed by atoms with van der Waals surface area (Å²) in [5.74, 6) is 1.56. The van der Waals surface area contributed by atoms with Gasteiger partial charge in [0, 0.05) is 13.1 Å². The number of rotatable bonds is 7. The topological polar surface area (TPSA) is 56.5 Å². The highest BCUT2D eigenvalue weighted by Crippen LogP contribution is 2.43. The number of hydrogen-bond donors (Lipinski definition) is 2. The molecule has 1 saturated carbocycles. The van der Waals surface area contributed by atoms with Crippen LogP contribution in [0.4, 0.5) is 0 Å². The minimum atomic E-state index is 0.366. The lowest BCUT2D eigenvalue weighted by molar-refractivity contribution is 0.354. The maximum atomic E-state index is 5.79. The minimum Gasteiger partial charge on any atom is -0.493 e. The second-order valence-electron chi connectivity index (χ2n) is 5.44. The van der Waals surface area contributed by atoms with Gasteiger partial charge in [0.15, 0.2) is 11.5 Å². The number of methoxy groups -OCH3 is 2. The van der Waals surface area contributed by atoms with Crippen molar-refractivity contribution in [2.75, 3.05) is 27.3 Å². The van der Waals surface area contributed by atoms with E-state index in [1.54, 1.807) is 14.2 Å². The monoisotopic (exact) mass is 264 g/mol. The first-order valence-electron chi connectivity index (χ1n) is 6.76. The van der Waals surface area contributed by atoms with Gasteiger partial charge < -0.3 is 20.5 Å². The number of hydrogen-bond acceptors (Lipinski definition) is 4. The Hall–Kier alpha value is -1.26. The van der Waals surface area contributed by atoms with E-state index in [2.05, 4.69) is 12.2 Å². The summed E-state index contributed by atoms with van der Waals surface area (Å²) >= 11 is 0. The third kappa shape index (κ3) is 3.19. The number of aryl methyl sites for hydroxylation is 1.